The lowest BCUT2D eigenvalue weighted by Gasteiger charge is -2.20. The molecule has 0 saturated heterocycles. The topological polar surface area (TPSA) is 103 Å². The number of hydrogen-bond donors (Lipinski definition) is 2. The number of sulfonamides is 1. The van der Waals surface area contributed by atoms with Gasteiger partial charge in [0, 0.05) is 6.04 Å². The van der Waals surface area contributed by atoms with Gasteiger partial charge in [0.25, 0.3) is 0 Å². The van der Waals surface area contributed by atoms with E-state index in [1.165, 1.54) is 25.3 Å². The molecule has 4 rings (SSSR count). The Bertz CT molecular complexity index is 1080. The summed E-state index contributed by atoms with van der Waals surface area (Å²) in [6, 6.07) is 7.68. The predicted molar refractivity (Wildman–Crippen MR) is 111 cm³/mol. The van der Waals surface area contributed by atoms with E-state index in [1.807, 2.05) is 0 Å². The normalized spacial score (nSPS) is 15.5. The lowest BCUT2D eigenvalue weighted by atomic mass is 10.1. The molecule has 1 heterocycles. The van der Waals surface area contributed by atoms with Crippen LogP contribution in [0.15, 0.2) is 35.2 Å². The highest BCUT2D eigenvalue weighted by Gasteiger charge is 2.28. The molecule has 2 N–H and O–H groups in total. The first-order valence-corrected chi connectivity index (χ1v) is 11.3. The van der Waals surface area contributed by atoms with Gasteiger partial charge in [0.2, 0.25) is 15.9 Å². The van der Waals surface area contributed by atoms with Crippen LogP contribution >= 0.6 is 11.6 Å². The average Bonchev–Trinajstić information content (AvgIpc) is 3.51. The summed E-state index contributed by atoms with van der Waals surface area (Å²) in [5, 5.41) is 3.09. The van der Waals surface area contributed by atoms with Crippen molar-refractivity contribution in [2.24, 2.45) is 0 Å². The first-order chi connectivity index (χ1) is 14.4. The Morgan fingerprint density at radius 3 is 2.70 bits per heavy atom. The van der Waals surface area contributed by atoms with Crippen molar-refractivity contribution in [2.75, 3.05) is 25.6 Å². The Morgan fingerprint density at radius 1 is 1.20 bits per heavy atom. The fraction of sp³-hybridized carbons (Fsp3) is 0.350. The highest BCUT2D eigenvalue weighted by molar-refractivity contribution is 7.89. The Balaban J connectivity index is 1.52. The molecule has 1 aliphatic carbocycles. The molecule has 2 aliphatic rings. The number of anilines is 1. The lowest BCUT2D eigenvalue weighted by Crippen LogP contribution is -2.26. The Morgan fingerprint density at radius 2 is 1.97 bits per heavy atom. The Kier molecular flexibility index (Phi) is 5.77. The summed E-state index contributed by atoms with van der Waals surface area (Å²) in [5.41, 5.74) is 0.907. The summed E-state index contributed by atoms with van der Waals surface area (Å²) in [6.45, 7) is 0.827. The summed E-state index contributed by atoms with van der Waals surface area (Å²) in [5.74, 6) is 0.961. The predicted octanol–water partition coefficient (Wildman–Crippen LogP) is 2.74. The summed E-state index contributed by atoms with van der Waals surface area (Å²) >= 11 is 6.23. The van der Waals surface area contributed by atoms with E-state index in [2.05, 4.69) is 10.0 Å². The van der Waals surface area contributed by atoms with Gasteiger partial charge >= 0.3 is 0 Å². The van der Waals surface area contributed by atoms with Gasteiger partial charge < -0.3 is 19.5 Å². The van der Waals surface area contributed by atoms with Gasteiger partial charge in [0.05, 0.1) is 29.1 Å². The Labute approximate surface area is 179 Å². The summed E-state index contributed by atoms with van der Waals surface area (Å²) < 4.78 is 43.9. The highest BCUT2D eigenvalue weighted by Crippen LogP contribution is 2.38. The maximum absolute atomic E-state index is 12.6. The van der Waals surface area contributed by atoms with Gasteiger partial charge in [-0.05, 0) is 48.7 Å². The van der Waals surface area contributed by atoms with Gasteiger partial charge in [-0.15, -0.1) is 0 Å². The van der Waals surface area contributed by atoms with Gasteiger partial charge in [-0.3, -0.25) is 4.79 Å². The first kappa shape index (κ1) is 20.8. The molecule has 0 unspecified atom stereocenters. The molecule has 0 bridgehead atoms. The quantitative estimate of drug-likeness (QED) is 0.669. The number of methoxy groups -OCH3 is 1. The van der Waals surface area contributed by atoms with Crippen LogP contribution in [0.25, 0.3) is 0 Å². The maximum Gasteiger partial charge on any atom is 0.240 e. The minimum atomic E-state index is -3.66. The number of hydrogen-bond acceptors (Lipinski definition) is 6. The third-order valence-electron chi connectivity index (χ3n) is 4.68. The van der Waals surface area contributed by atoms with Crippen LogP contribution in [0.2, 0.25) is 5.02 Å². The van der Waals surface area contributed by atoms with Gasteiger partial charge in [0.1, 0.15) is 19.0 Å². The van der Waals surface area contributed by atoms with E-state index in [1.54, 1.807) is 12.1 Å². The molecule has 2 aromatic rings. The summed E-state index contributed by atoms with van der Waals surface area (Å²) in [4.78, 5) is 12.7. The molecule has 0 aromatic heterocycles. The average molecular weight is 453 g/mol. The fourth-order valence-corrected chi connectivity index (χ4v) is 4.71. The molecule has 1 saturated carbocycles. The van der Waals surface area contributed by atoms with Crippen LogP contribution in [0, 0.1) is 0 Å². The van der Waals surface area contributed by atoms with E-state index < -0.39 is 10.0 Å². The zero-order valence-electron chi connectivity index (χ0n) is 16.2. The van der Waals surface area contributed by atoms with Crippen LogP contribution in [-0.2, 0) is 21.2 Å². The van der Waals surface area contributed by atoms with Crippen molar-refractivity contribution in [3.8, 4) is 17.2 Å². The number of carbonyl (C=O) groups is 1. The van der Waals surface area contributed by atoms with Crippen LogP contribution in [0.5, 0.6) is 17.2 Å². The number of halogens is 1. The smallest absolute Gasteiger partial charge is 0.240 e. The number of carbonyl (C=O) groups excluding carboxylic acids is 1. The standard InChI is InChI=1S/C20H21ClN2O6S/c1-27-17-5-4-14(30(25,26)23-13-2-3-13)11-16(17)22-19(24)10-12-8-15(21)20-18(9-12)28-6-7-29-20/h4-5,8-9,11,13,23H,2-3,6-7,10H2,1H3,(H,22,24). The second kappa shape index (κ2) is 8.33. The van der Waals surface area contributed by atoms with Crippen LogP contribution in [0.4, 0.5) is 5.69 Å². The number of fused-ring (bicyclic) bond motifs is 1. The molecule has 30 heavy (non-hydrogen) atoms. The molecule has 0 radical (unpaired) electrons. The van der Waals surface area contributed by atoms with E-state index in [-0.39, 0.29) is 29.0 Å². The van der Waals surface area contributed by atoms with Crippen LogP contribution < -0.4 is 24.2 Å². The first-order valence-electron chi connectivity index (χ1n) is 9.44. The van der Waals surface area contributed by atoms with Gasteiger partial charge in [-0.25, -0.2) is 13.1 Å². The number of ether oxygens (including phenoxy) is 3. The van der Waals surface area contributed by atoms with Gasteiger partial charge in [-0.2, -0.15) is 0 Å². The second-order valence-corrected chi connectivity index (χ2v) is 9.21. The molecule has 0 spiro atoms. The highest BCUT2D eigenvalue weighted by atomic mass is 35.5. The number of nitrogens with one attached hydrogen (secondary N) is 2. The second-order valence-electron chi connectivity index (χ2n) is 7.08. The molecular weight excluding hydrogens is 432 g/mol. The summed E-state index contributed by atoms with van der Waals surface area (Å²) in [7, 11) is -2.21. The van der Waals surface area contributed by atoms with Crippen LogP contribution in [-0.4, -0.2) is 40.7 Å². The number of benzene rings is 2. The van der Waals surface area contributed by atoms with E-state index in [0.29, 0.717) is 41.0 Å². The van der Waals surface area contributed by atoms with Crippen molar-refractivity contribution < 1.29 is 27.4 Å². The monoisotopic (exact) mass is 452 g/mol. The van der Waals surface area contributed by atoms with Crippen LogP contribution in [0.3, 0.4) is 0 Å². The molecular formula is C20H21ClN2O6S. The van der Waals surface area contributed by atoms with Crippen LogP contribution in [0.1, 0.15) is 18.4 Å². The summed E-state index contributed by atoms with van der Waals surface area (Å²) in [6.07, 6.45) is 1.67. The van der Waals surface area contributed by atoms with Crippen molar-refractivity contribution >= 4 is 33.2 Å². The van der Waals surface area contributed by atoms with E-state index in [0.717, 1.165) is 12.8 Å². The molecule has 0 atom stereocenters. The molecule has 1 aliphatic heterocycles. The number of rotatable bonds is 7. The maximum atomic E-state index is 12.6. The zero-order chi connectivity index (χ0) is 21.3. The molecule has 1 amide bonds. The van der Waals surface area contributed by atoms with Crippen molar-refractivity contribution in [2.45, 2.75) is 30.2 Å². The minimum Gasteiger partial charge on any atom is -0.495 e. The van der Waals surface area contributed by atoms with E-state index in [4.69, 9.17) is 25.8 Å². The third-order valence-corrected chi connectivity index (χ3v) is 6.47. The minimum absolute atomic E-state index is 0.0107. The Hall–Kier alpha value is -2.49. The van der Waals surface area contributed by atoms with E-state index in [9.17, 15) is 13.2 Å². The third kappa shape index (κ3) is 4.63. The lowest BCUT2D eigenvalue weighted by molar-refractivity contribution is -0.115. The SMILES string of the molecule is COc1ccc(S(=O)(=O)NC2CC2)cc1NC(=O)Cc1cc(Cl)c2c(c1)OCCO2. The molecule has 1 fully saturated rings. The molecule has 8 nitrogen and oxygen atoms in total. The van der Waals surface area contributed by atoms with Gasteiger partial charge in [-0.1, -0.05) is 11.6 Å². The van der Waals surface area contributed by atoms with Crippen molar-refractivity contribution in [3.63, 3.8) is 0 Å². The number of amides is 1. The molecule has 160 valence electrons. The fourth-order valence-electron chi connectivity index (χ4n) is 3.09. The van der Waals surface area contributed by atoms with Crippen molar-refractivity contribution in [1.29, 1.82) is 0 Å². The zero-order valence-corrected chi connectivity index (χ0v) is 17.8. The molecule has 2 aromatic carbocycles. The molecule has 10 heteroatoms. The van der Waals surface area contributed by atoms with E-state index >= 15 is 0 Å². The van der Waals surface area contributed by atoms with Crippen molar-refractivity contribution in [1.82, 2.24) is 4.72 Å². The van der Waals surface area contributed by atoms with Crippen molar-refractivity contribution in [3.05, 3.63) is 40.9 Å². The largest absolute Gasteiger partial charge is 0.495 e. The van der Waals surface area contributed by atoms with Gasteiger partial charge in [0.15, 0.2) is 11.5 Å².